The van der Waals surface area contributed by atoms with Gasteiger partial charge in [-0.15, -0.1) is 11.8 Å². The molecule has 0 unspecified atom stereocenters. The Morgan fingerprint density at radius 1 is 1.10 bits per heavy atom. The number of aryl methyl sites for hydroxylation is 2. The molecule has 0 aliphatic rings. The Bertz CT molecular complexity index is 1060. The van der Waals surface area contributed by atoms with E-state index in [9.17, 15) is 9.59 Å². The number of hydrogen-bond acceptors (Lipinski definition) is 4. The zero-order valence-corrected chi connectivity index (χ0v) is 17.6. The second-order valence-electron chi connectivity index (χ2n) is 6.79. The molecular formula is C23H24N2O3S. The first-order valence-electron chi connectivity index (χ1n) is 9.28. The zero-order valence-electron chi connectivity index (χ0n) is 16.8. The third kappa shape index (κ3) is 5.51. The van der Waals surface area contributed by atoms with Crippen LogP contribution in [-0.4, -0.2) is 17.6 Å². The smallest absolute Gasteiger partial charge is 0.244 e. The molecule has 0 bridgehead atoms. The van der Waals surface area contributed by atoms with Crippen LogP contribution in [0.5, 0.6) is 5.75 Å². The number of nitrogens with zero attached hydrogens (tertiary/aromatic N) is 1. The Hall–Kier alpha value is -2.99. The number of nitrogens with one attached hydrogen (secondary N) is 1. The van der Waals surface area contributed by atoms with E-state index in [2.05, 4.69) is 5.32 Å². The van der Waals surface area contributed by atoms with Crippen molar-refractivity contribution in [1.29, 1.82) is 0 Å². The van der Waals surface area contributed by atoms with Gasteiger partial charge in [0.1, 0.15) is 6.54 Å². The van der Waals surface area contributed by atoms with E-state index < -0.39 is 0 Å². The number of rotatable bonds is 7. The van der Waals surface area contributed by atoms with Crippen molar-refractivity contribution in [2.45, 2.75) is 31.0 Å². The van der Waals surface area contributed by atoms with Crippen molar-refractivity contribution in [2.75, 3.05) is 12.4 Å². The summed E-state index contributed by atoms with van der Waals surface area (Å²) in [4.78, 5) is 26.0. The van der Waals surface area contributed by atoms with Gasteiger partial charge in [-0.1, -0.05) is 30.3 Å². The Labute approximate surface area is 174 Å². The van der Waals surface area contributed by atoms with Crippen molar-refractivity contribution in [3.63, 3.8) is 0 Å². The molecule has 0 aliphatic carbocycles. The van der Waals surface area contributed by atoms with Gasteiger partial charge in [0, 0.05) is 28.1 Å². The van der Waals surface area contributed by atoms with Gasteiger partial charge in [0.15, 0.2) is 5.75 Å². The largest absolute Gasteiger partial charge is 0.491 e. The lowest BCUT2D eigenvalue weighted by atomic mass is 10.1. The second-order valence-corrected chi connectivity index (χ2v) is 7.84. The average molecular weight is 409 g/mol. The number of aromatic nitrogens is 1. The van der Waals surface area contributed by atoms with Gasteiger partial charge in [-0.3, -0.25) is 9.59 Å². The van der Waals surface area contributed by atoms with Gasteiger partial charge in [0.05, 0.1) is 13.3 Å². The van der Waals surface area contributed by atoms with Crippen LogP contribution in [0.2, 0.25) is 0 Å². The maximum atomic E-state index is 12.7. The van der Waals surface area contributed by atoms with Crippen LogP contribution in [0.4, 0.5) is 5.69 Å². The highest BCUT2D eigenvalue weighted by Gasteiger charge is 2.12. The van der Waals surface area contributed by atoms with Gasteiger partial charge in [-0.2, -0.15) is 0 Å². The molecule has 29 heavy (non-hydrogen) atoms. The molecular weight excluding hydrogens is 384 g/mol. The Kier molecular flexibility index (Phi) is 6.77. The SMILES string of the molecule is COc1cn(CC(=O)Nc2cc(C)ccc2C)c(CSc2ccccc2)cc1=O. The molecule has 3 aromatic rings. The van der Waals surface area contributed by atoms with Gasteiger partial charge in [0.2, 0.25) is 11.3 Å². The quantitative estimate of drug-likeness (QED) is 0.589. The first kappa shape index (κ1) is 20.7. The van der Waals surface area contributed by atoms with E-state index in [1.165, 1.54) is 7.11 Å². The number of anilines is 1. The molecule has 1 aromatic heterocycles. The lowest BCUT2D eigenvalue weighted by Crippen LogP contribution is -2.23. The normalized spacial score (nSPS) is 10.6. The summed E-state index contributed by atoms with van der Waals surface area (Å²) in [6, 6.07) is 17.4. The van der Waals surface area contributed by atoms with Crippen molar-refractivity contribution in [1.82, 2.24) is 4.57 Å². The number of hydrogen-bond donors (Lipinski definition) is 1. The Morgan fingerprint density at radius 2 is 1.86 bits per heavy atom. The van der Waals surface area contributed by atoms with E-state index in [0.717, 1.165) is 27.4 Å². The third-order valence-corrected chi connectivity index (χ3v) is 5.56. The highest BCUT2D eigenvalue weighted by atomic mass is 32.2. The number of benzene rings is 2. The molecule has 0 fully saturated rings. The number of ether oxygens (including phenoxy) is 1. The number of amides is 1. The predicted molar refractivity (Wildman–Crippen MR) is 118 cm³/mol. The predicted octanol–water partition coefficient (Wildman–Crippen LogP) is 4.40. The summed E-state index contributed by atoms with van der Waals surface area (Å²) < 4.78 is 6.94. The van der Waals surface area contributed by atoms with Crippen molar-refractivity contribution in [2.24, 2.45) is 0 Å². The lowest BCUT2D eigenvalue weighted by molar-refractivity contribution is -0.116. The Balaban J connectivity index is 1.81. The molecule has 6 heteroatoms. The van der Waals surface area contributed by atoms with Crippen LogP contribution in [-0.2, 0) is 17.1 Å². The average Bonchev–Trinajstić information content (AvgIpc) is 2.71. The maximum absolute atomic E-state index is 12.7. The number of thioether (sulfide) groups is 1. The minimum atomic E-state index is -0.192. The van der Waals surface area contributed by atoms with Crippen LogP contribution in [0.3, 0.4) is 0 Å². The summed E-state index contributed by atoms with van der Waals surface area (Å²) in [6.07, 6.45) is 1.60. The highest BCUT2D eigenvalue weighted by Crippen LogP contribution is 2.23. The molecule has 0 radical (unpaired) electrons. The van der Waals surface area contributed by atoms with Gasteiger partial charge in [-0.05, 0) is 43.2 Å². The van der Waals surface area contributed by atoms with Crippen LogP contribution in [0.1, 0.15) is 16.8 Å². The van der Waals surface area contributed by atoms with E-state index in [0.29, 0.717) is 5.75 Å². The lowest BCUT2D eigenvalue weighted by Gasteiger charge is -2.16. The fraction of sp³-hybridized carbons (Fsp3) is 0.217. The van der Waals surface area contributed by atoms with Gasteiger partial charge in [0.25, 0.3) is 0 Å². The first-order valence-corrected chi connectivity index (χ1v) is 10.3. The Morgan fingerprint density at radius 3 is 2.59 bits per heavy atom. The highest BCUT2D eigenvalue weighted by molar-refractivity contribution is 7.98. The number of pyridine rings is 1. The number of methoxy groups -OCH3 is 1. The fourth-order valence-electron chi connectivity index (χ4n) is 2.91. The fourth-order valence-corrected chi connectivity index (χ4v) is 3.82. The molecule has 0 saturated heterocycles. The number of carbonyl (C=O) groups excluding carboxylic acids is 1. The van der Waals surface area contributed by atoms with Gasteiger partial charge >= 0.3 is 0 Å². The van der Waals surface area contributed by atoms with Crippen molar-refractivity contribution < 1.29 is 9.53 Å². The third-order valence-electron chi connectivity index (χ3n) is 4.51. The first-order chi connectivity index (χ1) is 14.0. The van der Waals surface area contributed by atoms with Crippen LogP contribution in [0.15, 0.2) is 70.5 Å². The standard InChI is InChI=1S/C23H24N2O3S/c1-16-9-10-17(2)20(11-16)24-23(27)14-25-13-22(28-3)21(26)12-18(25)15-29-19-7-5-4-6-8-19/h4-13H,14-15H2,1-3H3,(H,24,27). The van der Waals surface area contributed by atoms with Crippen molar-refractivity contribution in [3.05, 3.63) is 87.8 Å². The summed E-state index contributed by atoms with van der Waals surface area (Å²) in [5.41, 5.74) is 3.45. The molecule has 150 valence electrons. The molecule has 1 N–H and O–H groups in total. The molecule has 0 saturated carbocycles. The molecule has 0 aliphatic heterocycles. The van der Waals surface area contributed by atoms with E-state index in [-0.39, 0.29) is 23.6 Å². The van der Waals surface area contributed by atoms with Crippen molar-refractivity contribution >= 4 is 23.4 Å². The molecule has 2 aromatic carbocycles. The minimum absolute atomic E-state index is 0.0920. The molecule has 1 amide bonds. The summed E-state index contributed by atoms with van der Waals surface area (Å²) in [5.74, 6) is 0.633. The minimum Gasteiger partial charge on any atom is -0.491 e. The van der Waals surface area contributed by atoms with E-state index in [1.54, 1.807) is 28.6 Å². The van der Waals surface area contributed by atoms with E-state index in [1.807, 2.05) is 62.4 Å². The summed E-state index contributed by atoms with van der Waals surface area (Å²) in [6.45, 7) is 4.04. The number of carbonyl (C=O) groups is 1. The summed E-state index contributed by atoms with van der Waals surface area (Å²) in [7, 11) is 1.45. The summed E-state index contributed by atoms with van der Waals surface area (Å²) >= 11 is 1.61. The van der Waals surface area contributed by atoms with E-state index in [4.69, 9.17) is 4.74 Å². The van der Waals surface area contributed by atoms with Crippen LogP contribution >= 0.6 is 11.8 Å². The topological polar surface area (TPSA) is 60.3 Å². The molecule has 5 nitrogen and oxygen atoms in total. The molecule has 1 heterocycles. The molecule has 3 rings (SSSR count). The van der Waals surface area contributed by atoms with Gasteiger partial charge < -0.3 is 14.6 Å². The zero-order chi connectivity index (χ0) is 20.8. The summed E-state index contributed by atoms with van der Waals surface area (Å²) in [5, 5.41) is 2.97. The van der Waals surface area contributed by atoms with Crippen molar-refractivity contribution in [3.8, 4) is 5.75 Å². The van der Waals surface area contributed by atoms with Gasteiger partial charge in [-0.25, -0.2) is 0 Å². The van der Waals surface area contributed by atoms with Crippen LogP contribution < -0.4 is 15.5 Å². The van der Waals surface area contributed by atoms with Crippen LogP contribution in [0.25, 0.3) is 0 Å². The van der Waals surface area contributed by atoms with E-state index >= 15 is 0 Å². The molecule has 0 spiro atoms. The van der Waals surface area contributed by atoms with Crippen LogP contribution in [0, 0.1) is 13.8 Å². The molecule has 0 atom stereocenters. The maximum Gasteiger partial charge on any atom is 0.244 e. The monoisotopic (exact) mass is 408 g/mol. The second kappa shape index (κ2) is 9.47.